The van der Waals surface area contributed by atoms with Crippen molar-refractivity contribution in [2.45, 2.75) is 11.8 Å². The zero-order valence-electron chi connectivity index (χ0n) is 13.6. The van der Waals surface area contributed by atoms with Crippen LogP contribution in [-0.2, 0) is 10.0 Å². The fraction of sp³-hybridized carbons (Fsp3) is 0.235. The number of carbonyl (C=O) groups excluding carboxylic acids is 1. The number of anilines is 1. The molecule has 0 bridgehead atoms. The number of hydrogen-bond acceptors (Lipinski definition) is 5. The van der Waals surface area contributed by atoms with Crippen LogP contribution in [0.2, 0.25) is 0 Å². The van der Waals surface area contributed by atoms with Crippen molar-refractivity contribution in [3.8, 4) is 11.5 Å². The van der Waals surface area contributed by atoms with Gasteiger partial charge >= 0.3 is 0 Å². The summed E-state index contributed by atoms with van der Waals surface area (Å²) in [7, 11) is -3.78. The number of sulfonamides is 1. The van der Waals surface area contributed by atoms with Gasteiger partial charge in [-0.25, -0.2) is 8.42 Å². The SMILES string of the molecule is CCNC(=O)c1ccc(NS(=O)(=O)c2ccc3c(c2)OCCO3)cc1. The van der Waals surface area contributed by atoms with Crippen molar-refractivity contribution in [2.24, 2.45) is 0 Å². The Kier molecular flexibility index (Phi) is 4.80. The highest BCUT2D eigenvalue weighted by atomic mass is 32.2. The molecule has 1 amide bonds. The fourth-order valence-corrected chi connectivity index (χ4v) is 3.43. The second-order valence-electron chi connectivity index (χ2n) is 5.35. The first-order valence-electron chi connectivity index (χ1n) is 7.80. The van der Waals surface area contributed by atoms with Gasteiger partial charge in [-0.3, -0.25) is 9.52 Å². The summed E-state index contributed by atoms with van der Waals surface area (Å²) >= 11 is 0. The molecule has 0 aliphatic carbocycles. The van der Waals surface area contributed by atoms with Crippen LogP contribution < -0.4 is 19.5 Å². The highest BCUT2D eigenvalue weighted by molar-refractivity contribution is 7.92. The van der Waals surface area contributed by atoms with Crippen LogP contribution in [-0.4, -0.2) is 34.1 Å². The Morgan fingerprint density at radius 2 is 1.72 bits per heavy atom. The van der Waals surface area contributed by atoms with Gasteiger partial charge in [0.15, 0.2) is 11.5 Å². The molecule has 0 unspecified atom stereocenters. The van der Waals surface area contributed by atoms with Gasteiger partial charge in [0.05, 0.1) is 4.90 Å². The Balaban J connectivity index is 1.78. The van der Waals surface area contributed by atoms with Crippen molar-refractivity contribution < 1.29 is 22.7 Å². The minimum Gasteiger partial charge on any atom is -0.486 e. The van der Waals surface area contributed by atoms with E-state index >= 15 is 0 Å². The van der Waals surface area contributed by atoms with Crippen LogP contribution >= 0.6 is 0 Å². The van der Waals surface area contributed by atoms with Gasteiger partial charge in [-0.1, -0.05) is 0 Å². The molecular weight excluding hydrogens is 344 g/mol. The standard InChI is InChI=1S/C17H18N2O5S/c1-2-18-17(20)12-3-5-13(6-4-12)19-25(21,22)14-7-8-15-16(11-14)24-10-9-23-15/h3-8,11,19H,2,9-10H2,1H3,(H,18,20). The summed E-state index contributed by atoms with van der Waals surface area (Å²) in [5, 5.41) is 2.68. The topological polar surface area (TPSA) is 93.7 Å². The average molecular weight is 362 g/mol. The molecule has 1 aliphatic rings. The smallest absolute Gasteiger partial charge is 0.262 e. The molecule has 1 aliphatic heterocycles. The number of nitrogens with one attached hydrogen (secondary N) is 2. The minimum atomic E-state index is -3.78. The van der Waals surface area contributed by atoms with Gasteiger partial charge < -0.3 is 14.8 Å². The maximum atomic E-state index is 12.5. The molecule has 0 atom stereocenters. The predicted octanol–water partition coefficient (Wildman–Crippen LogP) is 2.01. The third-order valence-corrected chi connectivity index (χ3v) is 4.94. The largest absolute Gasteiger partial charge is 0.486 e. The lowest BCUT2D eigenvalue weighted by atomic mass is 10.2. The van der Waals surface area contributed by atoms with Crippen LogP contribution in [0.15, 0.2) is 47.4 Å². The molecule has 2 aromatic carbocycles. The summed E-state index contributed by atoms with van der Waals surface area (Å²) in [5.74, 6) is 0.723. The normalized spacial score (nSPS) is 13.2. The summed E-state index contributed by atoms with van der Waals surface area (Å²) in [6.45, 7) is 3.17. The quantitative estimate of drug-likeness (QED) is 0.849. The first kappa shape index (κ1) is 17.1. The molecule has 1 heterocycles. The predicted molar refractivity (Wildman–Crippen MR) is 92.7 cm³/mol. The number of ether oxygens (including phenoxy) is 2. The van der Waals surface area contributed by atoms with E-state index in [0.717, 1.165) is 0 Å². The Labute approximate surface area is 146 Å². The average Bonchev–Trinajstić information content (AvgIpc) is 2.62. The second-order valence-corrected chi connectivity index (χ2v) is 7.03. The number of amides is 1. The first-order valence-corrected chi connectivity index (χ1v) is 9.28. The van der Waals surface area contributed by atoms with Crippen LogP contribution in [0.1, 0.15) is 17.3 Å². The van der Waals surface area contributed by atoms with Gasteiger partial charge in [0.2, 0.25) is 0 Å². The van der Waals surface area contributed by atoms with E-state index in [2.05, 4.69) is 10.0 Å². The summed E-state index contributed by atoms with van der Waals surface area (Å²) in [6, 6.07) is 10.7. The Morgan fingerprint density at radius 3 is 2.40 bits per heavy atom. The summed E-state index contributed by atoms with van der Waals surface area (Å²) < 4.78 is 38.3. The zero-order valence-corrected chi connectivity index (χ0v) is 14.4. The van der Waals surface area contributed by atoms with E-state index in [1.54, 1.807) is 30.3 Å². The van der Waals surface area contributed by atoms with Gasteiger partial charge in [0.1, 0.15) is 13.2 Å². The lowest BCUT2D eigenvalue weighted by Gasteiger charge is -2.19. The number of rotatable bonds is 5. The van der Waals surface area contributed by atoms with Crippen molar-refractivity contribution in [2.75, 3.05) is 24.5 Å². The molecule has 25 heavy (non-hydrogen) atoms. The fourth-order valence-electron chi connectivity index (χ4n) is 2.36. The van der Waals surface area contributed by atoms with E-state index in [-0.39, 0.29) is 10.8 Å². The van der Waals surface area contributed by atoms with Crippen molar-refractivity contribution >= 4 is 21.6 Å². The van der Waals surface area contributed by atoms with Gasteiger partial charge in [-0.15, -0.1) is 0 Å². The molecular formula is C17H18N2O5S. The van der Waals surface area contributed by atoms with Crippen LogP contribution in [0.3, 0.4) is 0 Å². The summed E-state index contributed by atoms with van der Waals surface area (Å²) in [4.78, 5) is 11.8. The van der Waals surface area contributed by atoms with Crippen molar-refractivity contribution in [3.63, 3.8) is 0 Å². The van der Waals surface area contributed by atoms with E-state index in [1.807, 2.05) is 6.92 Å². The molecule has 0 fully saturated rings. The van der Waals surface area contributed by atoms with Gasteiger partial charge in [-0.05, 0) is 43.3 Å². The van der Waals surface area contributed by atoms with Crippen molar-refractivity contribution in [1.82, 2.24) is 5.32 Å². The Bertz CT molecular complexity index is 878. The van der Waals surface area contributed by atoms with Crippen LogP contribution in [0.5, 0.6) is 11.5 Å². The molecule has 0 saturated heterocycles. The van der Waals surface area contributed by atoms with Crippen LogP contribution in [0.4, 0.5) is 5.69 Å². The lowest BCUT2D eigenvalue weighted by Crippen LogP contribution is -2.22. The number of fused-ring (bicyclic) bond motifs is 1. The summed E-state index contributed by atoms with van der Waals surface area (Å²) in [5.41, 5.74) is 0.826. The third-order valence-electron chi connectivity index (χ3n) is 3.56. The summed E-state index contributed by atoms with van der Waals surface area (Å²) in [6.07, 6.45) is 0. The van der Waals surface area contributed by atoms with E-state index in [1.165, 1.54) is 12.1 Å². The molecule has 8 heteroatoms. The molecule has 0 spiro atoms. The molecule has 0 saturated carbocycles. The highest BCUT2D eigenvalue weighted by Crippen LogP contribution is 2.32. The lowest BCUT2D eigenvalue weighted by molar-refractivity contribution is 0.0956. The molecule has 2 aromatic rings. The van der Waals surface area contributed by atoms with E-state index < -0.39 is 10.0 Å². The van der Waals surface area contributed by atoms with Crippen molar-refractivity contribution in [1.29, 1.82) is 0 Å². The number of carbonyl (C=O) groups is 1. The first-order chi connectivity index (χ1) is 12.0. The monoisotopic (exact) mass is 362 g/mol. The Morgan fingerprint density at radius 1 is 1.04 bits per heavy atom. The Hall–Kier alpha value is -2.74. The van der Waals surface area contributed by atoms with E-state index in [0.29, 0.717) is 42.5 Å². The molecule has 0 aromatic heterocycles. The van der Waals surface area contributed by atoms with Gasteiger partial charge in [0, 0.05) is 23.9 Å². The highest BCUT2D eigenvalue weighted by Gasteiger charge is 2.19. The van der Waals surface area contributed by atoms with Crippen molar-refractivity contribution in [3.05, 3.63) is 48.0 Å². The van der Waals surface area contributed by atoms with Crippen LogP contribution in [0, 0.1) is 0 Å². The molecule has 3 rings (SSSR count). The van der Waals surface area contributed by atoms with Gasteiger partial charge in [0.25, 0.3) is 15.9 Å². The minimum absolute atomic E-state index is 0.0737. The van der Waals surface area contributed by atoms with Gasteiger partial charge in [-0.2, -0.15) is 0 Å². The third kappa shape index (κ3) is 3.85. The molecule has 2 N–H and O–H groups in total. The molecule has 7 nitrogen and oxygen atoms in total. The van der Waals surface area contributed by atoms with Crippen LogP contribution in [0.25, 0.3) is 0 Å². The second kappa shape index (κ2) is 7.02. The van der Waals surface area contributed by atoms with E-state index in [4.69, 9.17) is 9.47 Å². The maximum absolute atomic E-state index is 12.5. The van der Waals surface area contributed by atoms with E-state index in [9.17, 15) is 13.2 Å². The molecule has 132 valence electrons. The number of hydrogen-bond donors (Lipinski definition) is 2. The molecule has 0 radical (unpaired) electrons. The maximum Gasteiger partial charge on any atom is 0.262 e. The number of benzene rings is 2. The zero-order chi connectivity index (χ0) is 17.9.